The van der Waals surface area contributed by atoms with E-state index < -0.39 is 36.3 Å². The second-order valence-electron chi connectivity index (χ2n) is 6.72. The number of halogens is 6. The van der Waals surface area contributed by atoms with Crippen LogP contribution in [0.4, 0.5) is 27.8 Å². The molecule has 1 spiro atoms. The lowest BCUT2D eigenvalue weighted by Crippen LogP contribution is -2.46. The summed E-state index contributed by atoms with van der Waals surface area (Å²) in [7, 11) is 0. The number of aromatic nitrogens is 2. The second-order valence-corrected chi connectivity index (χ2v) is 7.08. The van der Waals surface area contributed by atoms with Crippen molar-refractivity contribution in [2.24, 2.45) is 0 Å². The van der Waals surface area contributed by atoms with Gasteiger partial charge in [0.1, 0.15) is 11.9 Å². The molecule has 0 aromatic carbocycles. The second kappa shape index (κ2) is 7.24. The molecular weight excluding hydrogens is 421 g/mol. The van der Waals surface area contributed by atoms with Gasteiger partial charge < -0.3 is 14.4 Å². The van der Waals surface area contributed by atoms with Crippen LogP contribution in [0.5, 0.6) is 5.75 Å². The van der Waals surface area contributed by atoms with E-state index in [0.29, 0.717) is 37.1 Å². The molecule has 0 N–H and O–H groups in total. The molecule has 3 heterocycles. The summed E-state index contributed by atoms with van der Waals surface area (Å²) in [6, 6.07) is 2.14. The van der Waals surface area contributed by atoms with E-state index in [9.17, 15) is 22.0 Å². The average molecular weight is 437 g/mol. The smallest absolute Gasteiger partial charge is 0.418 e. The van der Waals surface area contributed by atoms with E-state index in [1.165, 1.54) is 11.1 Å². The number of nitrogens with zero attached hydrogens (tertiary/aromatic N) is 3. The fourth-order valence-electron chi connectivity index (χ4n) is 3.86. The molecule has 0 bridgehead atoms. The van der Waals surface area contributed by atoms with Crippen molar-refractivity contribution >= 4 is 17.4 Å². The lowest BCUT2D eigenvalue weighted by molar-refractivity contribution is -0.138. The van der Waals surface area contributed by atoms with E-state index in [1.807, 2.05) is 0 Å². The van der Waals surface area contributed by atoms with Gasteiger partial charge >= 0.3 is 12.8 Å². The van der Waals surface area contributed by atoms with Crippen molar-refractivity contribution in [2.75, 3.05) is 18.2 Å². The van der Waals surface area contributed by atoms with Crippen LogP contribution >= 0.6 is 11.6 Å². The molecule has 1 aliphatic carbocycles. The van der Waals surface area contributed by atoms with Gasteiger partial charge in [-0.3, -0.25) is 0 Å². The van der Waals surface area contributed by atoms with Crippen molar-refractivity contribution < 1.29 is 32.8 Å². The summed E-state index contributed by atoms with van der Waals surface area (Å²) in [4.78, 5) is 9.11. The standard InChI is InChI=1S/C18H15ClF5N3O2/c19-14-11-2-1-4-17(12(11)3-5-25-14)8-28-9-27(17)15-13(29-16(20)21)6-10(7-26-15)18(22,23)24/h3,5-7,16H,1-2,4,8-9H2/i9D/t9-,17?/m0/s1. The van der Waals surface area contributed by atoms with Gasteiger partial charge in [-0.05, 0) is 42.5 Å². The molecule has 1 aliphatic heterocycles. The molecule has 0 amide bonds. The Hall–Kier alpha value is -2.20. The summed E-state index contributed by atoms with van der Waals surface area (Å²) in [5.74, 6) is -1.11. The molecule has 2 aromatic rings. The molecule has 0 radical (unpaired) electrons. The first-order valence-corrected chi connectivity index (χ1v) is 9.00. The highest BCUT2D eigenvalue weighted by Crippen LogP contribution is 2.48. The summed E-state index contributed by atoms with van der Waals surface area (Å²) in [5.41, 5.74) is -0.877. The normalized spacial score (nSPS) is 24.7. The summed E-state index contributed by atoms with van der Waals surface area (Å²) in [5, 5.41) is 0.268. The van der Waals surface area contributed by atoms with Crippen LogP contribution in [0, 0.1) is 0 Å². The molecule has 29 heavy (non-hydrogen) atoms. The van der Waals surface area contributed by atoms with Crippen LogP contribution in [0.25, 0.3) is 0 Å². The van der Waals surface area contributed by atoms with Gasteiger partial charge in [-0.2, -0.15) is 22.0 Å². The molecule has 11 heteroatoms. The van der Waals surface area contributed by atoms with Crippen molar-refractivity contribution in [3.8, 4) is 5.75 Å². The molecule has 1 saturated heterocycles. The Morgan fingerprint density at radius 2 is 2.14 bits per heavy atom. The summed E-state index contributed by atoms with van der Waals surface area (Å²) in [6.45, 7) is -4.77. The summed E-state index contributed by atoms with van der Waals surface area (Å²) in [6.07, 6.45) is -1.12. The van der Waals surface area contributed by atoms with E-state index in [-0.39, 0.29) is 17.6 Å². The SMILES string of the molecule is [2H][C@@H]1OCC2(CCCc3c2ccnc3Cl)N1c1ncc(C(F)(F)F)cc1OC(F)F. The third-order valence-electron chi connectivity index (χ3n) is 5.09. The number of ether oxygens (including phenoxy) is 2. The van der Waals surface area contributed by atoms with Crippen LogP contribution in [-0.2, 0) is 22.9 Å². The number of fused-ring (bicyclic) bond motifs is 2. The minimum absolute atomic E-state index is 0.00529. The van der Waals surface area contributed by atoms with Crippen LogP contribution in [0.3, 0.4) is 0 Å². The maximum Gasteiger partial charge on any atom is 0.418 e. The number of hydrogen-bond donors (Lipinski definition) is 0. The Bertz CT molecular complexity index is 964. The van der Waals surface area contributed by atoms with Gasteiger partial charge in [-0.1, -0.05) is 11.6 Å². The van der Waals surface area contributed by atoms with Crippen molar-refractivity contribution in [1.82, 2.24) is 9.97 Å². The van der Waals surface area contributed by atoms with Crippen LogP contribution in [0.15, 0.2) is 24.5 Å². The van der Waals surface area contributed by atoms with E-state index in [4.69, 9.17) is 17.7 Å². The molecule has 5 nitrogen and oxygen atoms in total. The van der Waals surface area contributed by atoms with Crippen LogP contribution in [0.1, 0.15) is 30.9 Å². The third-order valence-corrected chi connectivity index (χ3v) is 5.42. The molecule has 1 fully saturated rings. The van der Waals surface area contributed by atoms with Crippen molar-refractivity contribution in [1.29, 1.82) is 0 Å². The number of anilines is 1. The minimum Gasteiger partial charge on any atom is -0.431 e. The predicted octanol–water partition coefficient (Wildman–Crippen LogP) is 4.78. The highest BCUT2D eigenvalue weighted by atomic mass is 35.5. The number of rotatable bonds is 3. The molecule has 2 aromatic heterocycles. The zero-order valence-corrected chi connectivity index (χ0v) is 15.5. The Morgan fingerprint density at radius 3 is 2.86 bits per heavy atom. The van der Waals surface area contributed by atoms with Gasteiger partial charge in [0.2, 0.25) is 0 Å². The first-order valence-electron chi connectivity index (χ1n) is 9.20. The van der Waals surface area contributed by atoms with Crippen molar-refractivity contribution in [3.63, 3.8) is 0 Å². The number of hydrogen-bond acceptors (Lipinski definition) is 5. The third kappa shape index (κ3) is 3.48. The Kier molecular flexibility index (Phi) is 4.70. The van der Waals surface area contributed by atoms with Crippen LogP contribution in [-0.4, -0.2) is 29.9 Å². The van der Waals surface area contributed by atoms with Crippen LogP contribution < -0.4 is 9.64 Å². The molecular formula is C18H15ClF5N3O2. The molecule has 1 unspecified atom stereocenters. The highest BCUT2D eigenvalue weighted by molar-refractivity contribution is 6.30. The predicted molar refractivity (Wildman–Crippen MR) is 93.0 cm³/mol. The van der Waals surface area contributed by atoms with Gasteiger partial charge in [0.05, 0.1) is 19.1 Å². The van der Waals surface area contributed by atoms with Gasteiger partial charge in [0.25, 0.3) is 0 Å². The van der Waals surface area contributed by atoms with Crippen LogP contribution in [0.2, 0.25) is 5.15 Å². The number of pyridine rings is 2. The largest absolute Gasteiger partial charge is 0.431 e. The van der Waals surface area contributed by atoms with Gasteiger partial charge in [0, 0.05) is 12.4 Å². The highest BCUT2D eigenvalue weighted by Gasteiger charge is 2.48. The molecule has 2 atom stereocenters. The minimum atomic E-state index is -4.80. The van der Waals surface area contributed by atoms with E-state index in [1.54, 1.807) is 6.07 Å². The summed E-state index contributed by atoms with van der Waals surface area (Å²) < 4.78 is 83.4. The first kappa shape index (κ1) is 18.8. The topological polar surface area (TPSA) is 47.5 Å². The molecule has 4 rings (SSSR count). The van der Waals surface area contributed by atoms with Gasteiger partial charge in [-0.15, -0.1) is 0 Å². The zero-order valence-electron chi connectivity index (χ0n) is 15.7. The molecule has 0 saturated carbocycles. The fourth-order valence-corrected chi connectivity index (χ4v) is 4.11. The fraction of sp³-hybridized carbons (Fsp3) is 0.444. The Labute approximate surface area is 168 Å². The first-order chi connectivity index (χ1) is 14.1. The van der Waals surface area contributed by atoms with Crippen molar-refractivity contribution in [3.05, 3.63) is 46.4 Å². The van der Waals surface area contributed by atoms with Gasteiger partial charge in [-0.25, -0.2) is 9.97 Å². The van der Waals surface area contributed by atoms with Gasteiger partial charge in [0.15, 0.2) is 11.6 Å². The molecule has 2 aliphatic rings. The van der Waals surface area contributed by atoms with E-state index in [0.717, 1.165) is 5.56 Å². The maximum absolute atomic E-state index is 13.1. The maximum atomic E-state index is 13.1. The zero-order chi connectivity index (χ0) is 21.7. The lowest BCUT2D eigenvalue weighted by Gasteiger charge is -2.42. The number of alkyl halides is 5. The van der Waals surface area contributed by atoms with E-state index >= 15 is 0 Å². The molecule has 156 valence electrons. The Balaban J connectivity index is 1.88. The lowest BCUT2D eigenvalue weighted by atomic mass is 9.77. The summed E-state index contributed by atoms with van der Waals surface area (Å²) >= 11 is 6.22. The Morgan fingerprint density at radius 1 is 1.34 bits per heavy atom. The van der Waals surface area contributed by atoms with E-state index in [2.05, 4.69) is 14.7 Å². The quantitative estimate of drug-likeness (QED) is 0.512. The monoisotopic (exact) mass is 436 g/mol. The average Bonchev–Trinajstić information content (AvgIpc) is 2.98. The van der Waals surface area contributed by atoms with Crippen molar-refractivity contribution in [2.45, 2.75) is 37.6 Å².